The van der Waals surface area contributed by atoms with Gasteiger partial charge >= 0.3 is 0 Å². The number of hydrogen-bond donors (Lipinski definition) is 3. The van der Waals surface area contributed by atoms with Gasteiger partial charge in [-0.25, -0.2) is 15.8 Å². The van der Waals surface area contributed by atoms with Crippen LogP contribution in [-0.2, 0) is 0 Å². The molecule has 0 atom stereocenters. The first-order valence-corrected chi connectivity index (χ1v) is 6.55. The first-order chi connectivity index (χ1) is 9.78. The van der Waals surface area contributed by atoms with Gasteiger partial charge in [-0.2, -0.15) is 0 Å². The van der Waals surface area contributed by atoms with Gasteiger partial charge in [-0.3, -0.25) is 0 Å². The van der Waals surface area contributed by atoms with Crippen LogP contribution in [0.3, 0.4) is 0 Å². The Bertz CT molecular complexity index is 612. The van der Waals surface area contributed by atoms with Crippen LogP contribution in [0.1, 0.15) is 24.6 Å². The van der Waals surface area contributed by atoms with E-state index in [1.807, 2.05) is 24.3 Å². The van der Waals surface area contributed by atoms with E-state index in [1.165, 1.54) is 0 Å². The van der Waals surface area contributed by atoms with Gasteiger partial charge in [-0.05, 0) is 25.0 Å². The van der Waals surface area contributed by atoms with E-state index in [4.69, 9.17) is 10.6 Å². The van der Waals surface area contributed by atoms with E-state index in [0.717, 1.165) is 35.9 Å². The van der Waals surface area contributed by atoms with Crippen LogP contribution < -0.4 is 21.3 Å². The van der Waals surface area contributed by atoms with Gasteiger partial charge in [-0.1, -0.05) is 6.07 Å². The summed E-state index contributed by atoms with van der Waals surface area (Å²) in [5, 5.41) is 3.25. The zero-order valence-electron chi connectivity index (χ0n) is 11.3. The van der Waals surface area contributed by atoms with Crippen molar-refractivity contribution in [2.75, 3.05) is 17.9 Å². The molecule has 0 radical (unpaired) electrons. The van der Waals surface area contributed by atoms with Gasteiger partial charge in [0, 0.05) is 23.7 Å². The molecule has 0 amide bonds. The van der Waals surface area contributed by atoms with Crippen molar-refractivity contribution >= 4 is 17.3 Å². The van der Waals surface area contributed by atoms with Crippen LogP contribution in [0.25, 0.3) is 0 Å². The molecule has 4 N–H and O–H groups in total. The molecule has 0 unspecified atom stereocenters. The van der Waals surface area contributed by atoms with Crippen LogP contribution in [0.2, 0.25) is 0 Å². The first-order valence-electron chi connectivity index (χ1n) is 6.55. The van der Waals surface area contributed by atoms with Gasteiger partial charge in [0.05, 0.1) is 7.11 Å². The summed E-state index contributed by atoms with van der Waals surface area (Å²) in [7, 11) is 1.64. The lowest BCUT2D eigenvalue weighted by atomic mass is 10.3. The van der Waals surface area contributed by atoms with Crippen molar-refractivity contribution in [1.29, 1.82) is 0 Å². The van der Waals surface area contributed by atoms with Crippen LogP contribution in [0.4, 0.5) is 17.3 Å². The van der Waals surface area contributed by atoms with Gasteiger partial charge in [0.25, 0.3) is 0 Å². The third-order valence-corrected chi connectivity index (χ3v) is 3.18. The monoisotopic (exact) mass is 271 g/mol. The summed E-state index contributed by atoms with van der Waals surface area (Å²) < 4.78 is 5.20. The van der Waals surface area contributed by atoms with Crippen molar-refractivity contribution in [1.82, 2.24) is 9.97 Å². The molecular weight excluding hydrogens is 254 g/mol. The molecule has 20 heavy (non-hydrogen) atoms. The molecule has 1 saturated carbocycles. The Labute approximate surface area is 117 Å². The largest absolute Gasteiger partial charge is 0.497 e. The van der Waals surface area contributed by atoms with Gasteiger partial charge in [0.2, 0.25) is 0 Å². The molecule has 1 heterocycles. The number of hydrazine groups is 1. The van der Waals surface area contributed by atoms with Crippen molar-refractivity contribution in [3.05, 3.63) is 36.2 Å². The van der Waals surface area contributed by atoms with Gasteiger partial charge < -0.3 is 15.5 Å². The average molecular weight is 271 g/mol. The number of benzene rings is 1. The Morgan fingerprint density at radius 3 is 2.70 bits per heavy atom. The van der Waals surface area contributed by atoms with Crippen molar-refractivity contribution in [2.45, 2.75) is 18.8 Å². The normalized spacial score (nSPS) is 13.9. The number of nitrogens with two attached hydrogens (primary N) is 1. The fraction of sp³-hybridized carbons (Fsp3) is 0.286. The second-order valence-corrected chi connectivity index (χ2v) is 4.77. The van der Waals surface area contributed by atoms with Crippen LogP contribution in [-0.4, -0.2) is 17.1 Å². The molecule has 1 aliphatic carbocycles. The molecule has 1 aliphatic rings. The Hall–Kier alpha value is -2.34. The summed E-state index contributed by atoms with van der Waals surface area (Å²) in [6.07, 6.45) is 2.29. The lowest BCUT2D eigenvalue weighted by Crippen LogP contribution is -2.11. The van der Waals surface area contributed by atoms with Crippen molar-refractivity contribution in [3.8, 4) is 5.75 Å². The Morgan fingerprint density at radius 1 is 1.20 bits per heavy atom. The quantitative estimate of drug-likeness (QED) is 0.572. The number of nitrogen functional groups attached to an aromatic ring is 1. The summed E-state index contributed by atoms with van der Waals surface area (Å²) >= 11 is 0. The summed E-state index contributed by atoms with van der Waals surface area (Å²) in [6.45, 7) is 0. The maximum atomic E-state index is 5.46. The van der Waals surface area contributed by atoms with E-state index >= 15 is 0 Å². The molecular formula is C14H17N5O. The zero-order chi connectivity index (χ0) is 13.9. The zero-order valence-corrected chi connectivity index (χ0v) is 11.3. The predicted molar refractivity (Wildman–Crippen MR) is 78.1 cm³/mol. The predicted octanol–water partition coefficient (Wildman–Crippen LogP) is 2.39. The van der Waals surface area contributed by atoms with Crippen LogP contribution in [0.15, 0.2) is 30.3 Å². The van der Waals surface area contributed by atoms with Crippen LogP contribution in [0.5, 0.6) is 5.75 Å². The van der Waals surface area contributed by atoms with E-state index < -0.39 is 0 Å². The highest BCUT2D eigenvalue weighted by atomic mass is 16.5. The second kappa shape index (κ2) is 5.34. The molecule has 6 nitrogen and oxygen atoms in total. The minimum absolute atomic E-state index is 0.467. The number of rotatable bonds is 5. The number of aromatic nitrogens is 2. The maximum absolute atomic E-state index is 5.46. The van der Waals surface area contributed by atoms with E-state index in [0.29, 0.717) is 11.7 Å². The molecule has 3 rings (SSSR count). The van der Waals surface area contributed by atoms with Crippen molar-refractivity contribution in [2.24, 2.45) is 5.84 Å². The summed E-state index contributed by atoms with van der Waals surface area (Å²) in [6, 6.07) is 9.47. The molecule has 0 aliphatic heterocycles. The molecule has 2 aromatic rings. The Balaban J connectivity index is 1.86. The van der Waals surface area contributed by atoms with Crippen molar-refractivity contribution < 1.29 is 4.74 Å². The summed E-state index contributed by atoms with van der Waals surface area (Å²) in [5.74, 6) is 8.90. The van der Waals surface area contributed by atoms with E-state index in [9.17, 15) is 0 Å². The maximum Gasteiger partial charge on any atom is 0.145 e. The van der Waals surface area contributed by atoms with E-state index in [2.05, 4.69) is 20.7 Å². The first kappa shape index (κ1) is 12.7. The highest BCUT2D eigenvalue weighted by Gasteiger charge is 2.27. The fourth-order valence-electron chi connectivity index (χ4n) is 1.98. The lowest BCUT2D eigenvalue weighted by Gasteiger charge is -2.10. The SMILES string of the molecule is COc1cccc(Nc2cc(NN)nc(C3CC3)n2)c1. The van der Waals surface area contributed by atoms with Gasteiger partial charge in [0.1, 0.15) is 23.2 Å². The topological polar surface area (TPSA) is 85.1 Å². The molecule has 6 heteroatoms. The minimum Gasteiger partial charge on any atom is -0.497 e. The van der Waals surface area contributed by atoms with Gasteiger partial charge in [0.15, 0.2) is 0 Å². The fourth-order valence-corrected chi connectivity index (χ4v) is 1.98. The summed E-state index contributed by atoms with van der Waals surface area (Å²) in [5.41, 5.74) is 3.49. The summed E-state index contributed by atoms with van der Waals surface area (Å²) in [4.78, 5) is 8.91. The Morgan fingerprint density at radius 2 is 2.00 bits per heavy atom. The highest BCUT2D eigenvalue weighted by molar-refractivity contribution is 5.60. The standard InChI is InChI=1S/C14H17N5O/c1-20-11-4-2-3-10(7-11)16-12-8-13(19-15)18-14(17-12)9-5-6-9/h2-4,7-9H,5-6,15H2,1H3,(H2,16,17,18,19). The molecule has 104 valence electrons. The average Bonchev–Trinajstić information content (AvgIpc) is 3.31. The molecule has 1 fully saturated rings. The number of nitrogens with one attached hydrogen (secondary N) is 2. The smallest absolute Gasteiger partial charge is 0.145 e. The van der Waals surface area contributed by atoms with Crippen LogP contribution in [0, 0.1) is 0 Å². The number of ether oxygens (including phenoxy) is 1. The molecule has 0 spiro atoms. The molecule has 1 aromatic carbocycles. The molecule has 1 aromatic heterocycles. The van der Waals surface area contributed by atoms with Gasteiger partial charge in [-0.15, -0.1) is 0 Å². The number of methoxy groups -OCH3 is 1. The molecule has 0 bridgehead atoms. The number of hydrogen-bond acceptors (Lipinski definition) is 6. The second-order valence-electron chi connectivity index (χ2n) is 4.77. The highest BCUT2D eigenvalue weighted by Crippen LogP contribution is 2.39. The third kappa shape index (κ3) is 2.80. The number of nitrogens with zero attached hydrogens (tertiary/aromatic N) is 2. The van der Waals surface area contributed by atoms with E-state index in [-0.39, 0.29) is 0 Å². The third-order valence-electron chi connectivity index (χ3n) is 3.18. The lowest BCUT2D eigenvalue weighted by molar-refractivity contribution is 0.415. The minimum atomic E-state index is 0.467. The van der Waals surface area contributed by atoms with Crippen molar-refractivity contribution in [3.63, 3.8) is 0 Å². The number of anilines is 3. The Kier molecular flexibility index (Phi) is 3.39. The van der Waals surface area contributed by atoms with Crippen LogP contribution >= 0.6 is 0 Å². The van der Waals surface area contributed by atoms with E-state index in [1.54, 1.807) is 13.2 Å². The molecule has 0 saturated heterocycles.